The predicted octanol–water partition coefficient (Wildman–Crippen LogP) is -0.301. The smallest absolute Gasteiger partial charge is 0.321 e. The molecule has 0 aromatic rings. The SMILES string of the molecule is COCCCC(NS(=O)(=O)NC(C)C)C(=O)O. The molecule has 1 atom stereocenters. The first-order valence-electron chi connectivity index (χ1n) is 5.30. The molecule has 0 rings (SSSR count). The number of methoxy groups -OCH3 is 1. The molecule has 0 aromatic heterocycles. The lowest BCUT2D eigenvalue weighted by molar-refractivity contribution is -0.139. The number of carbonyl (C=O) groups is 1. The molecule has 0 spiro atoms. The van der Waals surface area contributed by atoms with E-state index in [2.05, 4.69) is 9.44 Å². The summed E-state index contributed by atoms with van der Waals surface area (Å²) in [7, 11) is -2.28. The van der Waals surface area contributed by atoms with Gasteiger partial charge in [0.05, 0.1) is 0 Å². The Labute approximate surface area is 102 Å². The Hall–Kier alpha value is -0.700. The minimum atomic E-state index is -3.78. The molecular formula is C9H20N2O5S. The third-order valence-corrected chi connectivity index (χ3v) is 3.20. The number of nitrogens with one attached hydrogen (secondary N) is 2. The number of carboxylic acid groups (broad SMARTS) is 1. The van der Waals surface area contributed by atoms with E-state index in [0.717, 1.165) is 0 Å². The van der Waals surface area contributed by atoms with Gasteiger partial charge in [-0.1, -0.05) is 0 Å². The van der Waals surface area contributed by atoms with Gasteiger partial charge in [-0.15, -0.1) is 0 Å². The van der Waals surface area contributed by atoms with Gasteiger partial charge in [0.15, 0.2) is 0 Å². The van der Waals surface area contributed by atoms with Crippen molar-refractivity contribution in [3.8, 4) is 0 Å². The molecule has 1 unspecified atom stereocenters. The Morgan fingerprint density at radius 1 is 1.35 bits per heavy atom. The Balaban J connectivity index is 4.38. The van der Waals surface area contributed by atoms with Crippen LogP contribution in [0.3, 0.4) is 0 Å². The van der Waals surface area contributed by atoms with Gasteiger partial charge < -0.3 is 9.84 Å². The van der Waals surface area contributed by atoms with Gasteiger partial charge in [-0.05, 0) is 26.7 Å². The molecule has 102 valence electrons. The van der Waals surface area contributed by atoms with Gasteiger partial charge in [-0.25, -0.2) is 0 Å². The van der Waals surface area contributed by atoms with E-state index in [1.54, 1.807) is 13.8 Å². The minimum absolute atomic E-state index is 0.183. The summed E-state index contributed by atoms with van der Waals surface area (Å²) < 4.78 is 32.1. The van der Waals surface area contributed by atoms with Crippen molar-refractivity contribution in [3.05, 3.63) is 0 Å². The highest BCUT2D eigenvalue weighted by Crippen LogP contribution is 2.00. The Morgan fingerprint density at radius 3 is 2.35 bits per heavy atom. The van der Waals surface area contributed by atoms with Crippen molar-refractivity contribution >= 4 is 16.2 Å². The van der Waals surface area contributed by atoms with Gasteiger partial charge in [0.1, 0.15) is 6.04 Å². The van der Waals surface area contributed by atoms with Crippen LogP contribution in [0.25, 0.3) is 0 Å². The highest BCUT2D eigenvalue weighted by atomic mass is 32.2. The van der Waals surface area contributed by atoms with Crippen molar-refractivity contribution in [2.75, 3.05) is 13.7 Å². The largest absolute Gasteiger partial charge is 0.480 e. The fourth-order valence-electron chi connectivity index (χ4n) is 1.20. The van der Waals surface area contributed by atoms with E-state index in [1.807, 2.05) is 0 Å². The van der Waals surface area contributed by atoms with Crippen LogP contribution in [-0.2, 0) is 19.7 Å². The van der Waals surface area contributed by atoms with Crippen LogP contribution in [0.15, 0.2) is 0 Å². The second-order valence-corrected chi connectivity index (χ2v) is 5.40. The van der Waals surface area contributed by atoms with Gasteiger partial charge in [0, 0.05) is 19.8 Å². The van der Waals surface area contributed by atoms with Crippen LogP contribution >= 0.6 is 0 Å². The molecule has 0 bridgehead atoms. The van der Waals surface area contributed by atoms with E-state index in [4.69, 9.17) is 9.84 Å². The first kappa shape index (κ1) is 16.3. The predicted molar refractivity (Wildman–Crippen MR) is 62.9 cm³/mol. The normalized spacial score (nSPS) is 13.9. The van der Waals surface area contributed by atoms with E-state index in [0.29, 0.717) is 13.0 Å². The number of hydrogen-bond donors (Lipinski definition) is 3. The number of hydrogen-bond acceptors (Lipinski definition) is 4. The number of ether oxygens (including phenoxy) is 1. The molecule has 0 aromatic carbocycles. The van der Waals surface area contributed by atoms with Crippen LogP contribution in [0.1, 0.15) is 26.7 Å². The minimum Gasteiger partial charge on any atom is -0.480 e. The highest BCUT2D eigenvalue weighted by Gasteiger charge is 2.23. The van der Waals surface area contributed by atoms with Gasteiger partial charge in [0.2, 0.25) is 0 Å². The summed E-state index contributed by atoms with van der Waals surface area (Å²) in [5.41, 5.74) is 0. The Morgan fingerprint density at radius 2 is 1.94 bits per heavy atom. The molecule has 3 N–H and O–H groups in total. The number of rotatable bonds is 9. The maximum atomic E-state index is 11.5. The second-order valence-electron chi connectivity index (χ2n) is 3.92. The molecule has 0 saturated carbocycles. The third-order valence-electron chi connectivity index (χ3n) is 1.83. The third kappa shape index (κ3) is 8.08. The summed E-state index contributed by atoms with van der Waals surface area (Å²) in [6.45, 7) is 3.70. The highest BCUT2D eigenvalue weighted by molar-refractivity contribution is 7.87. The van der Waals surface area contributed by atoms with Crippen molar-refractivity contribution in [1.29, 1.82) is 0 Å². The number of aliphatic carboxylic acids is 1. The van der Waals surface area contributed by atoms with E-state index >= 15 is 0 Å². The molecule has 0 amide bonds. The summed E-state index contributed by atoms with van der Waals surface area (Å²) in [6.07, 6.45) is 0.653. The average molecular weight is 268 g/mol. The monoisotopic (exact) mass is 268 g/mol. The zero-order chi connectivity index (χ0) is 13.5. The van der Waals surface area contributed by atoms with Crippen molar-refractivity contribution < 1.29 is 23.1 Å². The topological polar surface area (TPSA) is 105 Å². The molecule has 7 nitrogen and oxygen atoms in total. The molecule has 0 aliphatic rings. The summed E-state index contributed by atoms with van der Waals surface area (Å²) >= 11 is 0. The molecule has 0 aliphatic carbocycles. The second kappa shape index (κ2) is 7.59. The van der Waals surface area contributed by atoms with E-state index < -0.39 is 22.2 Å². The zero-order valence-corrected chi connectivity index (χ0v) is 11.1. The molecule has 0 radical (unpaired) electrons. The van der Waals surface area contributed by atoms with Crippen LogP contribution in [0.5, 0.6) is 0 Å². The lowest BCUT2D eigenvalue weighted by Gasteiger charge is -2.16. The van der Waals surface area contributed by atoms with Crippen LogP contribution in [-0.4, -0.2) is 45.3 Å². The van der Waals surface area contributed by atoms with Gasteiger partial charge in [0.25, 0.3) is 10.2 Å². The lowest BCUT2D eigenvalue weighted by Crippen LogP contribution is -2.48. The van der Waals surface area contributed by atoms with Crippen molar-refractivity contribution in [2.45, 2.75) is 38.8 Å². The van der Waals surface area contributed by atoms with Crippen LogP contribution < -0.4 is 9.44 Å². The van der Waals surface area contributed by atoms with E-state index in [9.17, 15) is 13.2 Å². The van der Waals surface area contributed by atoms with E-state index in [1.165, 1.54) is 7.11 Å². The van der Waals surface area contributed by atoms with Crippen molar-refractivity contribution in [2.24, 2.45) is 0 Å². The average Bonchev–Trinajstić information content (AvgIpc) is 2.13. The van der Waals surface area contributed by atoms with Crippen LogP contribution in [0, 0.1) is 0 Å². The van der Waals surface area contributed by atoms with Crippen LogP contribution in [0.4, 0.5) is 0 Å². The molecule has 0 saturated heterocycles. The maximum Gasteiger partial charge on any atom is 0.321 e. The molecule has 0 heterocycles. The molecule has 8 heteroatoms. The molecular weight excluding hydrogens is 248 g/mol. The Kier molecular flexibility index (Phi) is 7.28. The fraction of sp³-hybridized carbons (Fsp3) is 0.889. The standard InChI is InChI=1S/C9H20N2O5S/c1-7(2)10-17(14,15)11-8(9(12)13)5-4-6-16-3/h7-8,10-11H,4-6H2,1-3H3,(H,12,13). The number of carboxylic acids is 1. The van der Waals surface area contributed by atoms with E-state index in [-0.39, 0.29) is 12.5 Å². The molecule has 17 heavy (non-hydrogen) atoms. The summed E-state index contributed by atoms with van der Waals surface area (Å²) in [6, 6.07) is -1.43. The van der Waals surface area contributed by atoms with Gasteiger partial charge >= 0.3 is 5.97 Å². The van der Waals surface area contributed by atoms with Crippen LogP contribution in [0.2, 0.25) is 0 Å². The molecule has 0 fully saturated rings. The van der Waals surface area contributed by atoms with Crippen molar-refractivity contribution in [3.63, 3.8) is 0 Å². The summed E-state index contributed by atoms with van der Waals surface area (Å²) in [5.74, 6) is -1.20. The van der Waals surface area contributed by atoms with Gasteiger partial charge in [-0.3, -0.25) is 4.79 Å². The summed E-state index contributed by atoms with van der Waals surface area (Å²) in [4.78, 5) is 10.9. The maximum absolute atomic E-state index is 11.5. The fourth-order valence-corrected chi connectivity index (χ4v) is 2.48. The lowest BCUT2D eigenvalue weighted by atomic mass is 10.2. The molecule has 0 aliphatic heterocycles. The van der Waals surface area contributed by atoms with Crippen molar-refractivity contribution in [1.82, 2.24) is 9.44 Å². The first-order chi connectivity index (χ1) is 7.78. The van der Waals surface area contributed by atoms with Gasteiger partial charge in [-0.2, -0.15) is 17.9 Å². The summed E-state index contributed by atoms with van der Waals surface area (Å²) in [5, 5.41) is 8.87. The zero-order valence-electron chi connectivity index (χ0n) is 10.3. The quantitative estimate of drug-likeness (QED) is 0.498. The first-order valence-corrected chi connectivity index (χ1v) is 6.78. The Bertz CT molecular complexity index is 328.